The second kappa shape index (κ2) is 7.97. The first-order chi connectivity index (χ1) is 14.0. The van der Waals surface area contributed by atoms with Crippen LogP contribution in [0.15, 0.2) is 18.2 Å². The Bertz CT molecular complexity index is 841. The average molecular weight is 398 g/mol. The predicted molar refractivity (Wildman–Crippen MR) is 105 cm³/mol. The number of carbonyl (C=O) groups excluding carboxylic acids is 4. The molecule has 7 heteroatoms. The lowest BCUT2D eigenvalue weighted by atomic mass is 9.81. The minimum Gasteiger partial charge on any atom is -0.465 e. The summed E-state index contributed by atoms with van der Waals surface area (Å²) in [6.45, 7) is 0.690. The molecule has 2 unspecified atom stereocenters. The largest absolute Gasteiger partial charge is 0.465 e. The lowest BCUT2D eigenvalue weighted by Crippen LogP contribution is -2.39. The molecule has 1 aromatic rings. The smallest absolute Gasteiger partial charge is 0.338 e. The molecule has 4 rings (SSSR count). The van der Waals surface area contributed by atoms with Crippen LogP contribution >= 0.6 is 0 Å². The van der Waals surface area contributed by atoms with Gasteiger partial charge in [-0.2, -0.15) is 0 Å². The van der Waals surface area contributed by atoms with E-state index in [0.717, 1.165) is 43.4 Å². The molecule has 2 atom stereocenters. The summed E-state index contributed by atoms with van der Waals surface area (Å²) in [5, 5.41) is 0. The van der Waals surface area contributed by atoms with Crippen molar-refractivity contribution in [2.45, 2.75) is 44.9 Å². The molecule has 3 amide bonds. The van der Waals surface area contributed by atoms with Crippen molar-refractivity contribution in [2.75, 3.05) is 25.1 Å². The van der Waals surface area contributed by atoms with Gasteiger partial charge < -0.3 is 9.64 Å². The van der Waals surface area contributed by atoms with Gasteiger partial charge in [-0.25, -0.2) is 4.79 Å². The van der Waals surface area contributed by atoms with Gasteiger partial charge in [-0.1, -0.05) is 18.9 Å². The van der Waals surface area contributed by atoms with Gasteiger partial charge in [-0.3, -0.25) is 19.3 Å². The number of methoxy groups -OCH3 is 1. The van der Waals surface area contributed by atoms with E-state index in [1.807, 2.05) is 6.07 Å². The third-order valence-electron chi connectivity index (χ3n) is 6.44. The molecule has 0 spiro atoms. The maximum absolute atomic E-state index is 13.0. The molecule has 0 aromatic heterocycles. The molecule has 0 bridgehead atoms. The minimum atomic E-state index is -0.410. The highest BCUT2D eigenvalue weighted by atomic mass is 16.5. The summed E-state index contributed by atoms with van der Waals surface area (Å²) in [5.74, 6) is -1.15. The Kier molecular flexibility index (Phi) is 5.39. The van der Waals surface area contributed by atoms with E-state index in [2.05, 4.69) is 0 Å². The number of likely N-dealkylation sites (tertiary alicyclic amines) is 1. The Morgan fingerprint density at radius 3 is 2.41 bits per heavy atom. The van der Waals surface area contributed by atoms with Gasteiger partial charge in [-0.15, -0.1) is 0 Å². The van der Waals surface area contributed by atoms with E-state index in [0.29, 0.717) is 18.5 Å². The molecular formula is C22H26N2O5. The van der Waals surface area contributed by atoms with Gasteiger partial charge >= 0.3 is 5.97 Å². The van der Waals surface area contributed by atoms with Gasteiger partial charge in [0.2, 0.25) is 17.7 Å². The van der Waals surface area contributed by atoms with Crippen LogP contribution in [0.5, 0.6) is 0 Å². The Balaban J connectivity index is 1.47. The number of hydrogen-bond acceptors (Lipinski definition) is 5. The standard InChI is InChI=1S/C22H26N2O5/c1-29-22(28)17-8-4-10-18-14(17)9-5-12-23(18)19(25)11-13-24-20(26)15-6-2-3-7-16(15)21(24)27/h4,8,10,15-16H,2-3,5-7,9,11-13H2,1H3. The van der Waals surface area contributed by atoms with Gasteiger partial charge in [-0.05, 0) is 43.4 Å². The Morgan fingerprint density at radius 1 is 1.07 bits per heavy atom. The fourth-order valence-electron chi connectivity index (χ4n) is 4.98. The SMILES string of the molecule is COC(=O)c1cccc2c1CCCN2C(=O)CCN1C(=O)C2CCCCC2C1=O. The number of hydrogen-bond donors (Lipinski definition) is 0. The Morgan fingerprint density at radius 2 is 1.76 bits per heavy atom. The number of esters is 1. The van der Waals surface area contributed by atoms with E-state index in [1.165, 1.54) is 12.0 Å². The number of nitrogens with zero attached hydrogens (tertiary/aromatic N) is 2. The second-order valence-electron chi connectivity index (χ2n) is 8.02. The number of imide groups is 1. The molecule has 29 heavy (non-hydrogen) atoms. The number of carbonyl (C=O) groups is 4. The summed E-state index contributed by atoms with van der Waals surface area (Å²) in [6.07, 6.45) is 5.07. The zero-order chi connectivity index (χ0) is 20.5. The van der Waals surface area contributed by atoms with Crippen LogP contribution in [0.1, 0.15) is 54.4 Å². The fraction of sp³-hybridized carbons (Fsp3) is 0.545. The van der Waals surface area contributed by atoms with Gasteiger partial charge in [0.15, 0.2) is 0 Å². The molecule has 2 heterocycles. The average Bonchev–Trinajstić information content (AvgIpc) is 3.00. The normalized spacial score (nSPS) is 23.6. The van der Waals surface area contributed by atoms with Crippen LogP contribution in [0.4, 0.5) is 5.69 Å². The van der Waals surface area contributed by atoms with Crippen LogP contribution in [0.25, 0.3) is 0 Å². The van der Waals surface area contributed by atoms with E-state index in [9.17, 15) is 19.2 Å². The van der Waals surface area contributed by atoms with Crippen molar-refractivity contribution in [2.24, 2.45) is 11.8 Å². The quantitative estimate of drug-likeness (QED) is 0.574. The van der Waals surface area contributed by atoms with E-state index < -0.39 is 5.97 Å². The number of benzene rings is 1. The molecule has 2 fully saturated rings. The summed E-state index contributed by atoms with van der Waals surface area (Å²) in [4.78, 5) is 53.2. The van der Waals surface area contributed by atoms with Gasteiger partial charge in [0.25, 0.3) is 0 Å². The first kappa shape index (κ1) is 19.6. The molecular weight excluding hydrogens is 372 g/mol. The van der Waals surface area contributed by atoms with E-state index >= 15 is 0 Å². The number of rotatable bonds is 4. The van der Waals surface area contributed by atoms with Gasteiger partial charge in [0, 0.05) is 25.2 Å². The first-order valence-corrected chi connectivity index (χ1v) is 10.4. The molecule has 154 valence electrons. The van der Waals surface area contributed by atoms with Crippen molar-refractivity contribution in [1.82, 2.24) is 4.90 Å². The Labute approximate surface area is 170 Å². The number of amides is 3. The molecule has 0 N–H and O–H groups in total. The predicted octanol–water partition coefficient (Wildman–Crippen LogP) is 2.32. The van der Waals surface area contributed by atoms with Crippen LogP contribution in [-0.4, -0.2) is 48.8 Å². The molecule has 2 aliphatic heterocycles. The van der Waals surface area contributed by atoms with E-state index in [4.69, 9.17) is 4.74 Å². The van der Waals surface area contributed by atoms with Crippen molar-refractivity contribution in [3.8, 4) is 0 Å². The topological polar surface area (TPSA) is 84.0 Å². The third kappa shape index (κ3) is 3.43. The summed E-state index contributed by atoms with van der Waals surface area (Å²) in [7, 11) is 1.34. The molecule has 1 saturated heterocycles. The van der Waals surface area contributed by atoms with Crippen molar-refractivity contribution in [1.29, 1.82) is 0 Å². The highest BCUT2D eigenvalue weighted by Gasteiger charge is 2.48. The highest BCUT2D eigenvalue weighted by Crippen LogP contribution is 2.38. The third-order valence-corrected chi connectivity index (χ3v) is 6.44. The lowest BCUT2D eigenvalue weighted by Gasteiger charge is -2.31. The molecule has 7 nitrogen and oxygen atoms in total. The molecule has 3 aliphatic rings. The Hall–Kier alpha value is -2.70. The summed E-state index contributed by atoms with van der Waals surface area (Å²) < 4.78 is 4.86. The van der Waals surface area contributed by atoms with Crippen LogP contribution in [-0.2, 0) is 25.5 Å². The zero-order valence-corrected chi connectivity index (χ0v) is 16.7. The summed E-state index contributed by atoms with van der Waals surface area (Å²) in [6, 6.07) is 5.29. The van der Waals surface area contributed by atoms with E-state index in [1.54, 1.807) is 17.0 Å². The monoisotopic (exact) mass is 398 g/mol. The second-order valence-corrected chi connectivity index (χ2v) is 8.02. The molecule has 0 radical (unpaired) electrons. The van der Waals surface area contributed by atoms with Crippen molar-refractivity contribution < 1.29 is 23.9 Å². The van der Waals surface area contributed by atoms with Gasteiger partial charge in [0.05, 0.1) is 24.5 Å². The summed E-state index contributed by atoms with van der Waals surface area (Å²) in [5.41, 5.74) is 2.02. The first-order valence-electron chi connectivity index (χ1n) is 10.4. The van der Waals surface area contributed by atoms with E-state index in [-0.39, 0.29) is 42.5 Å². The summed E-state index contributed by atoms with van der Waals surface area (Å²) >= 11 is 0. The van der Waals surface area contributed by atoms with Crippen LogP contribution in [0, 0.1) is 11.8 Å². The molecule has 1 aliphatic carbocycles. The molecule has 1 saturated carbocycles. The number of anilines is 1. The van der Waals surface area contributed by atoms with Gasteiger partial charge in [0.1, 0.15) is 0 Å². The number of ether oxygens (including phenoxy) is 1. The van der Waals surface area contributed by atoms with Crippen molar-refractivity contribution >= 4 is 29.4 Å². The maximum atomic E-state index is 13.0. The van der Waals surface area contributed by atoms with Crippen LogP contribution in [0.2, 0.25) is 0 Å². The highest BCUT2D eigenvalue weighted by molar-refractivity contribution is 6.06. The van der Waals surface area contributed by atoms with Crippen molar-refractivity contribution in [3.05, 3.63) is 29.3 Å². The van der Waals surface area contributed by atoms with Crippen LogP contribution < -0.4 is 4.90 Å². The zero-order valence-electron chi connectivity index (χ0n) is 16.7. The minimum absolute atomic E-state index is 0.0960. The van der Waals surface area contributed by atoms with Crippen LogP contribution in [0.3, 0.4) is 0 Å². The molecule has 1 aromatic carbocycles. The maximum Gasteiger partial charge on any atom is 0.338 e. The lowest BCUT2D eigenvalue weighted by molar-refractivity contribution is -0.140. The fourth-order valence-corrected chi connectivity index (χ4v) is 4.98. The van der Waals surface area contributed by atoms with Crippen molar-refractivity contribution in [3.63, 3.8) is 0 Å². The number of fused-ring (bicyclic) bond motifs is 2.